The molecule has 0 saturated carbocycles. The van der Waals surface area contributed by atoms with Crippen molar-refractivity contribution in [2.45, 2.75) is 6.42 Å². The molecule has 2 aromatic rings. The highest BCUT2D eigenvalue weighted by molar-refractivity contribution is 6.00. The lowest BCUT2D eigenvalue weighted by Gasteiger charge is -2.26. The minimum absolute atomic E-state index is 0.0130. The number of benzene rings is 1. The molecule has 1 saturated heterocycles. The summed E-state index contributed by atoms with van der Waals surface area (Å²) >= 11 is 0. The largest absolute Gasteiger partial charge is 0.402 e. The molecule has 0 radical (unpaired) electrons. The second-order valence-corrected chi connectivity index (χ2v) is 5.91. The number of rotatable bonds is 5. The third kappa shape index (κ3) is 4.31. The highest BCUT2D eigenvalue weighted by atomic mass is 19.1. The van der Waals surface area contributed by atoms with E-state index in [1.807, 2.05) is 0 Å². The Morgan fingerprint density at radius 1 is 1.31 bits per heavy atom. The molecule has 3 rings (SSSR count). The molecule has 2 heterocycles. The SMILES string of the molecule is NC(/C=C(\N)C1COC1)=NC(=O)Cc1cnn(-c2cc(F)cc(F)c2)c1. The monoisotopic (exact) mass is 361 g/mol. The van der Waals surface area contributed by atoms with Gasteiger partial charge in [-0.1, -0.05) is 0 Å². The van der Waals surface area contributed by atoms with Crippen molar-refractivity contribution in [2.24, 2.45) is 22.4 Å². The molecule has 7 nitrogen and oxygen atoms in total. The number of amidine groups is 1. The second kappa shape index (κ2) is 7.44. The Kier molecular flexibility index (Phi) is 5.08. The van der Waals surface area contributed by atoms with Crippen LogP contribution in [0.4, 0.5) is 8.78 Å². The van der Waals surface area contributed by atoms with E-state index in [0.29, 0.717) is 24.5 Å². The summed E-state index contributed by atoms with van der Waals surface area (Å²) in [5.74, 6) is -1.80. The molecule has 0 atom stereocenters. The number of hydrogen-bond donors (Lipinski definition) is 2. The number of halogens is 2. The van der Waals surface area contributed by atoms with Crippen LogP contribution in [0.3, 0.4) is 0 Å². The van der Waals surface area contributed by atoms with Crippen molar-refractivity contribution in [1.82, 2.24) is 9.78 Å². The van der Waals surface area contributed by atoms with Gasteiger partial charge in [-0.15, -0.1) is 0 Å². The third-order valence-electron chi connectivity index (χ3n) is 3.78. The van der Waals surface area contributed by atoms with Gasteiger partial charge < -0.3 is 16.2 Å². The maximum atomic E-state index is 13.3. The molecule has 9 heteroatoms. The van der Waals surface area contributed by atoms with Crippen molar-refractivity contribution in [3.05, 3.63) is 59.6 Å². The van der Waals surface area contributed by atoms with Crippen LogP contribution >= 0.6 is 0 Å². The molecule has 0 aliphatic carbocycles. The lowest BCUT2D eigenvalue weighted by atomic mass is 10.0. The maximum Gasteiger partial charge on any atom is 0.252 e. The zero-order valence-electron chi connectivity index (χ0n) is 13.7. The minimum Gasteiger partial charge on any atom is -0.402 e. The summed E-state index contributed by atoms with van der Waals surface area (Å²) in [7, 11) is 0. The van der Waals surface area contributed by atoms with Crippen LogP contribution in [0.1, 0.15) is 5.56 Å². The van der Waals surface area contributed by atoms with E-state index >= 15 is 0 Å². The topological polar surface area (TPSA) is 109 Å². The average molecular weight is 361 g/mol. The molecule has 0 unspecified atom stereocenters. The Morgan fingerprint density at radius 2 is 2.00 bits per heavy atom. The molecule has 1 aromatic carbocycles. The van der Waals surface area contributed by atoms with Gasteiger partial charge in [-0.2, -0.15) is 10.1 Å². The first-order chi connectivity index (χ1) is 12.4. The van der Waals surface area contributed by atoms with Crippen LogP contribution in [0.5, 0.6) is 0 Å². The van der Waals surface area contributed by atoms with E-state index in [1.165, 1.54) is 23.2 Å². The van der Waals surface area contributed by atoms with Crippen molar-refractivity contribution >= 4 is 11.7 Å². The Hall–Kier alpha value is -3.07. The van der Waals surface area contributed by atoms with Crippen molar-refractivity contribution in [3.8, 4) is 5.69 Å². The van der Waals surface area contributed by atoms with Crippen LogP contribution in [0.25, 0.3) is 5.69 Å². The fourth-order valence-electron chi connectivity index (χ4n) is 2.37. The molecule has 1 aliphatic rings. The third-order valence-corrected chi connectivity index (χ3v) is 3.78. The fourth-order valence-corrected chi connectivity index (χ4v) is 2.37. The molecular formula is C17H17F2N5O2. The molecule has 1 fully saturated rings. The van der Waals surface area contributed by atoms with E-state index in [0.717, 1.165) is 18.2 Å². The van der Waals surface area contributed by atoms with E-state index in [1.54, 1.807) is 0 Å². The van der Waals surface area contributed by atoms with Gasteiger partial charge in [0.25, 0.3) is 5.91 Å². The second-order valence-electron chi connectivity index (χ2n) is 5.91. The number of nitrogens with zero attached hydrogens (tertiary/aromatic N) is 3. The zero-order chi connectivity index (χ0) is 18.7. The van der Waals surface area contributed by atoms with E-state index in [-0.39, 0.29) is 23.9 Å². The first kappa shape index (κ1) is 17.7. The molecule has 1 aliphatic heterocycles. The first-order valence-electron chi connectivity index (χ1n) is 7.82. The molecule has 1 amide bonds. The van der Waals surface area contributed by atoms with E-state index in [2.05, 4.69) is 10.1 Å². The van der Waals surface area contributed by atoms with Gasteiger partial charge in [0.15, 0.2) is 0 Å². The van der Waals surface area contributed by atoms with Crippen molar-refractivity contribution in [3.63, 3.8) is 0 Å². The number of amides is 1. The Morgan fingerprint density at radius 3 is 2.62 bits per heavy atom. The van der Waals surface area contributed by atoms with Gasteiger partial charge >= 0.3 is 0 Å². The van der Waals surface area contributed by atoms with Gasteiger partial charge in [-0.05, 0) is 23.8 Å². The van der Waals surface area contributed by atoms with Crippen LogP contribution in [0, 0.1) is 17.6 Å². The summed E-state index contributed by atoms with van der Waals surface area (Å²) in [5.41, 5.74) is 12.8. The fraction of sp³-hybridized carbons (Fsp3) is 0.235. The minimum atomic E-state index is -0.716. The van der Waals surface area contributed by atoms with Gasteiger partial charge in [-0.3, -0.25) is 4.79 Å². The standard InChI is InChI=1S/C17H17F2N5O2/c18-12-2-13(19)4-14(3-12)24-7-10(6-22-24)1-17(25)23-16(21)5-15(20)11-8-26-9-11/h2-7,11H,1,8-9,20H2,(H2,21,23,25)/b15-5-. The summed E-state index contributed by atoms with van der Waals surface area (Å²) in [6, 6.07) is 3.04. The van der Waals surface area contributed by atoms with Crippen molar-refractivity contribution < 1.29 is 18.3 Å². The maximum absolute atomic E-state index is 13.3. The van der Waals surface area contributed by atoms with Crippen LogP contribution in [-0.2, 0) is 16.0 Å². The highest BCUT2D eigenvalue weighted by Crippen LogP contribution is 2.16. The Bertz CT molecular complexity index is 867. The van der Waals surface area contributed by atoms with Gasteiger partial charge in [-0.25, -0.2) is 13.5 Å². The summed E-state index contributed by atoms with van der Waals surface area (Å²) in [6.45, 7) is 1.06. The molecule has 26 heavy (non-hydrogen) atoms. The molecule has 4 N–H and O–H groups in total. The highest BCUT2D eigenvalue weighted by Gasteiger charge is 2.21. The van der Waals surface area contributed by atoms with Crippen LogP contribution < -0.4 is 11.5 Å². The molecule has 136 valence electrons. The molecule has 0 bridgehead atoms. The van der Waals surface area contributed by atoms with Crippen molar-refractivity contribution in [2.75, 3.05) is 13.2 Å². The van der Waals surface area contributed by atoms with Gasteiger partial charge in [0, 0.05) is 23.9 Å². The average Bonchev–Trinajstić information content (AvgIpc) is 2.92. The quantitative estimate of drug-likeness (QED) is 0.612. The Labute approximate surface area is 148 Å². The number of aromatic nitrogens is 2. The van der Waals surface area contributed by atoms with Crippen molar-refractivity contribution in [1.29, 1.82) is 0 Å². The summed E-state index contributed by atoms with van der Waals surface area (Å²) in [5, 5.41) is 4.00. The van der Waals surface area contributed by atoms with E-state index in [9.17, 15) is 13.6 Å². The number of carbonyl (C=O) groups excluding carboxylic acids is 1. The van der Waals surface area contributed by atoms with E-state index < -0.39 is 17.5 Å². The number of hydrogen-bond acceptors (Lipinski definition) is 4. The lowest BCUT2D eigenvalue weighted by molar-refractivity contribution is -0.117. The Balaban J connectivity index is 1.66. The summed E-state index contributed by atoms with van der Waals surface area (Å²) in [4.78, 5) is 15.8. The number of carbonyl (C=O) groups is 1. The van der Waals surface area contributed by atoms with Gasteiger partial charge in [0.1, 0.15) is 17.5 Å². The van der Waals surface area contributed by atoms with Crippen LogP contribution in [-0.4, -0.2) is 34.7 Å². The normalized spacial score (nSPS) is 15.8. The van der Waals surface area contributed by atoms with Gasteiger partial charge in [0.2, 0.25) is 0 Å². The summed E-state index contributed by atoms with van der Waals surface area (Å²) < 4.78 is 32.8. The van der Waals surface area contributed by atoms with Crippen LogP contribution in [0.2, 0.25) is 0 Å². The first-order valence-corrected chi connectivity index (χ1v) is 7.82. The molecule has 1 aromatic heterocycles. The summed E-state index contributed by atoms with van der Waals surface area (Å²) in [6.07, 6.45) is 4.30. The van der Waals surface area contributed by atoms with E-state index in [4.69, 9.17) is 16.2 Å². The molecule has 0 spiro atoms. The number of ether oxygens (including phenoxy) is 1. The zero-order valence-corrected chi connectivity index (χ0v) is 13.7. The lowest BCUT2D eigenvalue weighted by Crippen LogP contribution is -2.33. The predicted octanol–water partition coefficient (Wildman–Crippen LogP) is 1.07. The van der Waals surface area contributed by atoms with Crippen LogP contribution in [0.15, 0.2) is 47.4 Å². The number of aliphatic imine (C=N–C) groups is 1. The van der Waals surface area contributed by atoms with Gasteiger partial charge in [0.05, 0.1) is 31.5 Å². The predicted molar refractivity (Wildman–Crippen MR) is 90.4 cm³/mol. The number of nitrogens with two attached hydrogens (primary N) is 2. The molecular weight excluding hydrogens is 344 g/mol. The smallest absolute Gasteiger partial charge is 0.252 e.